The molecule has 0 aliphatic heterocycles. The van der Waals surface area contributed by atoms with Gasteiger partial charge in [-0.2, -0.15) is 0 Å². The molecule has 0 heterocycles. The van der Waals surface area contributed by atoms with Gasteiger partial charge in [0.1, 0.15) is 17.3 Å². The highest BCUT2D eigenvalue weighted by atomic mass is 35.5. The van der Waals surface area contributed by atoms with Crippen molar-refractivity contribution >= 4 is 17.6 Å². The van der Waals surface area contributed by atoms with Crippen molar-refractivity contribution in [3.63, 3.8) is 0 Å². The zero-order valence-electron chi connectivity index (χ0n) is 7.61. The van der Waals surface area contributed by atoms with Crippen molar-refractivity contribution in [2.75, 3.05) is 0 Å². The second-order valence-electron chi connectivity index (χ2n) is 3.00. The fraction of sp³-hybridized carbons (Fsp3) is 0.222. The summed E-state index contributed by atoms with van der Waals surface area (Å²) in [6.45, 7) is 0. The van der Waals surface area contributed by atoms with Crippen molar-refractivity contribution in [1.82, 2.24) is 0 Å². The van der Waals surface area contributed by atoms with Gasteiger partial charge in [-0.1, -0.05) is 11.6 Å². The van der Waals surface area contributed by atoms with Crippen molar-refractivity contribution in [3.8, 4) is 0 Å². The Morgan fingerprint density at radius 2 is 1.94 bits per heavy atom. The Hall–Kier alpha value is -1.30. The maximum atomic E-state index is 13.2. The maximum absolute atomic E-state index is 13.2. The van der Waals surface area contributed by atoms with Gasteiger partial charge in [-0.3, -0.25) is 4.79 Å². The first-order chi connectivity index (χ1) is 7.25. The third-order valence-corrected chi connectivity index (χ3v) is 2.15. The molecule has 0 aromatic heterocycles. The zero-order chi connectivity index (χ0) is 12.5. The van der Waals surface area contributed by atoms with Crippen LogP contribution in [0.3, 0.4) is 0 Å². The van der Waals surface area contributed by atoms with E-state index in [9.17, 15) is 22.4 Å². The molecule has 0 aliphatic rings. The molecule has 1 aromatic carbocycles. The lowest BCUT2D eigenvalue weighted by Gasteiger charge is -2.15. The van der Waals surface area contributed by atoms with E-state index < -0.39 is 40.5 Å². The van der Waals surface area contributed by atoms with Crippen LogP contribution in [0.2, 0.25) is 5.02 Å². The highest BCUT2D eigenvalue weighted by Gasteiger charge is 2.38. The molecular weight excluding hydrogens is 252 g/mol. The minimum atomic E-state index is -3.94. The Balaban J connectivity index is 3.23. The third kappa shape index (κ3) is 2.44. The lowest BCUT2D eigenvalue weighted by molar-refractivity contribution is -0.145. The van der Waals surface area contributed by atoms with Crippen molar-refractivity contribution < 1.29 is 27.5 Å². The number of carboxylic acids is 1. The number of halogens is 5. The quantitative estimate of drug-likeness (QED) is 0.666. The van der Waals surface area contributed by atoms with Gasteiger partial charge in [-0.25, -0.2) is 17.6 Å². The second kappa shape index (κ2) is 4.29. The lowest BCUT2D eigenvalue weighted by atomic mass is 10.0. The smallest absolute Gasteiger partial charge is 0.309 e. The minimum absolute atomic E-state index is 0.472. The van der Waals surface area contributed by atoms with E-state index in [0.717, 1.165) is 0 Å². The van der Waals surface area contributed by atoms with Gasteiger partial charge < -0.3 is 5.11 Å². The van der Waals surface area contributed by atoms with Gasteiger partial charge in [0.2, 0.25) is 0 Å². The van der Waals surface area contributed by atoms with E-state index >= 15 is 0 Å². The fourth-order valence-electron chi connectivity index (χ4n) is 1.09. The monoisotopic (exact) mass is 256 g/mol. The topological polar surface area (TPSA) is 37.3 Å². The Labute approximate surface area is 92.4 Å². The molecule has 0 saturated carbocycles. The first-order valence-electron chi connectivity index (χ1n) is 3.99. The molecule has 0 atom stereocenters. The molecule has 1 rings (SSSR count). The molecule has 0 fully saturated rings. The Morgan fingerprint density at radius 1 is 1.38 bits per heavy atom. The standard InChI is InChI=1S/C9H5ClF4O2/c10-7-5(11)2-1-4(8(7)12)9(13,14)3-6(15)16/h1-2H,3H2,(H,15,16). The maximum Gasteiger partial charge on any atom is 0.309 e. The molecule has 0 radical (unpaired) electrons. The average Bonchev–Trinajstić information content (AvgIpc) is 2.11. The van der Waals surface area contributed by atoms with Crippen molar-refractivity contribution in [3.05, 3.63) is 34.4 Å². The molecule has 0 bridgehead atoms. The summed E-state index contributed by atoms with van der Waals surface area (Å²) in [5, 5.41) is 7.13. The van der Waals surface area contributed by atoms with E-state index in [0.29, 0.717) is 12.1 Å². The predicted octanol–water partition coefficient (Wildman–Crippen LogP) is 3.18. The van der Waals surface area contributed by atoms with Crippen LogP contribution in [0.25, 0.3) is 0 Å². The van der Waals surface area contributed by atoms with Gasteiger partial charge in [0.05, 0.1) is 5.56 Å². The van der Waals surface area contributed by atoms with Crippen LogP contribution >= 0.6 is 11.6 Å². The normalized spacial score (nSPS) is 11.6. The first kappa shape index (κ1) is 12.8. The number of hydrogen-bond acceptors (Lipinski definition) is 1. The Morgan fingerprint density at radius 3 is 2.44 bits per heavy atom. The molecule has 88 valence electrons. The van der Waals surface area contributed by atoms with Gasteiger partial charge in [0.15, 0.2) is 5.82 Å². The number of aliphatic carboxylic acids is 1. The Bertz CT molecular complexity index is 434. The van der Waals surface area contributed by atoms with Crippen LogP contribution in [-0.4, -0.2) is 11.1 Å². The Kier molecular flexibility index (Phi) is 3.42. The van der Waals surface area contributed by atoms with Gasteiger partial charge >= 0.3 is 5.97 Å². The van der Waals surface area contributed by atoms with Crippen LogP contribution in [0, 0.1) is 11.6 Å². The summed E-state index contributed by atoms with van der Waals surface area (Å²) >= 11 is 5.09. The third-order valence-electron chi connectivity index (χ3n) is 1.80. The van der Waals surface area contributed by atoms with E-state index in [1.54, 1.807) is 0 Å². The average molecular weight is 257 g/mol. The van der Waals surface area contributed by atoms with Gasteiger partial charge in [0.25, 0.3) is 5.92 Å². The number of benzene rings is 1. The largest absolute Gasteiger partial charge is 0.481 e. The summed E-state index contributed by atoms with van der Waals surface area (Å²) in [5.74, 6) is -8.57. The summed E-state index contributed by atoms with van der Waals surface area (Å²) in [6.07, 6.45) is -1.59. The number of hydrogen-bond donors (Lipinski definition) is 1. The number of rotatable bonds is 3. The molecule has 0 aliphatic carbocycles. The summed E-state index contributed by atoms with van der Waals surface area (Å²) in [4.78, 5) is 10.1. The van der Waals surface area contributed by atoms with Gasteiger partial charge in [-0.05, 0) is 12.1 Å². The molecule has 7 heteroatoms. The van der Waals surface area contributed by atoms with Crippen LogP contribution in [0.4, 0.5) is 17.6 Å². The highest BCUT2D eigenvalue weighted by Crippen LogP contribution is 2.36. The van der Waals surface area contributed by atoms with Crippen LogP contribution in [0.5, 0.6) is 0 Å². The van der Waals surface area contributed by atoms with E-state index in [-0.39, 0.29) is 0 Å². The molecule has 16 heavy (non-hydrogen) atoms. The summed E-state index contributed by atoms with van der Waals surface area (Å²) < 4.78 is 52.2. The highest BCUT2D eigenvalue weighted by molar-refractivity contribution is 6.30. The summed E-state index contributed by atoms with van der Waals surface area (Å²) in [6, 6.07) is 1.02. The first-order valence-corrected chi connectivity index (χ1v) is 4.37. The van der Waals surface area contributed by atoms with Gasteiger partial charge in [-0.15, -0.1) is 0 Å². The molecule has 2 nitrogen and oxygen atoms in total. The zero-order valence-corrected chi connectivity index (χ0v) is 8.36. The molecule has 0 spiro atoms. The molecule has 1 N–H and O–H groups in total. The molecular formula is C9H5ClF4O2. The van der Waals surface area contributed by atoms with Crippen molar-refractivity contribution in [2.24, 2.45) is 0 Å². The predicted molar refractivity (Wildman–Crippen MR) is 47.5 cm³/mol. The summed E-state index contributed by atoms with van der Waals surface area (Å²) in [7, 11) is 0. The van der Waals surface area contributed by atoms with Crippen molar-refractivity contribution in [2.45, 2.75) is 12.3 Å². The van der Waals surface area contributed by atoms with Crippen molar-refractivity contribution in [1.29, 1.82) is 0 Å². The van der Waals surface area contributed by atoms with E-state index in [1.165, 1.54) is 0 Å². The van der Waals surface area contributed by atoms with Crippen LogP contribution in [0.1, 0.15) is 12.0 Å². The molecule has 0 unspecified atom stereocenters. The van der Waals surface area contributed by atoms with E-state index in [2.05, 4.69) is 0 Å². The molecule has 0 saturated heterocycles. The van der Waals surface area contributed by atoms with E-state index in [1.807, 2.05) is 0 Å². The molecule has 1 aromatic rings. The minimum Gasteiger partial charge on any atom is -0.481 e. The number of alkyl halides is 2. The number of carbonyl (C=O) groups is 1. The van der Waals surface area contributed by atoms with E-state index in [4.69, 9.17) is 16.7 Å². The second-order valence-corrected chi connectivity index (χ2v) is 3.38. The van der Waals surface area contributed by atoms with Crippen LogP contribution in [-0.2, 0) is 10.7 Å². The SMILES string of the molecule is O=C(O)CC(F)(F)c1ccc(F)c(Cl)c1F. The summed E-state index contributed by atoms with van der Waals surface area (Å²) in [5.41, 5.74) is -1.23. The molecule has 0 amide bonds. The van der Waals surface area contributed by atoms with Gasteiger partial charge in [0, 0.05) is 0 Å². The number of carboxylic acid groups (broad SMARTS) is 1. The fourth-order valence-corrected chi connectivity index (χ4v) is 1.26. The lowest BCUT2D eigenvalue weighted by Crippen LogP contribution is -2.20. The van der Waals surface area contributed by atoms with Crippen LogP contribution in [0.15, 0.2) is 12.1 Å². The van der Waals surface area contributed by atoms with Crippen LogP contribution < -0.4 is 0 Å².